The van der Waals surface area contributed by atoms with Gasteiger partial charge in [-0.15, -0.1) is 0 Å². The molecule has 0 saturated carbocycles. The topological polar surface area (TPSA) is 53.2 Å². The van der Waals surface area contributed by atoms with Gasteiger partial charge in [-0.1, -0.05) is 23.8 Å². The van der Waals surface area contributed by atoms with E-state index in [9.17, 15) is 5.11 Å². The standard InChI is InChI=1S/C14H19NO2/c1-9-5-6-13(10(2)7-9)14(8-15)17-12(4)11(3)16/h5-7,11-12,14,16H,1-4H3. The maximum Gasteiger partial charge on any atom is 0.169 e. The van der Waals surface area contributed by atoms with Crippen LogP contribution in [0.15, 0.2) is 18.2 Å². The largest absolute Gasteiger partial charge is 0.391 e. The molecule has 0 radical (unpaired) electrons. The Kier molecular flexibility index (Phi) is 4.68. The van der Waals surface area contributed by atoms with Gasteiger partial charge in [0.1, 0.15) is 0 Å². The van der Waals surface area contributed by atoms with Gasteiger partial charge in [-0.3, -0.25) is 0 Å². The van der Waals surface area contributed by atoms with Crippen molar-refractivity contribution in [1.29, 1.82) is 5.26 Å². The van der Waals surface area contributed by atoms with Gasteiger partial charge in [0.05, 0.1) is 18.3 Å². The molecule has 17 heavy (non-hydrogen) atoms. The van der Waals surface area contributed by atoms with Crippen molar-refractivity contribution >= 4 is 0 Å². The second-order valence-corrected chi connectivity index (χ2v) is 4.45. The Balaban J connectivity index is 2.91. The molecule has 0 spiro atoms. The van der Waals surface area contributed by atoms with Gasteiger partial charge in [0.15, 0.2) is 6.10 Å². The molecule has 3 unspecified atom stereocenters. The minimum atomic E-state index is -0.625. The molecule has 0 saturated heterocycles. The summed E-state index contributed by atoms with van der Waals surface area (Å²) in [5.41, 5.74) is 3.06. The lowest BCUT2D eigenvalue weighted by Gasteiger charge is -2.21. The van der Waals surface area contributed by atoms with Gasteiger partial charge >= 0.3 is 0 Å². The molecule has 0 bridgehead atoms. The molecule has 1 aromatic carbocycles. The van der Waals surface area contributed by atoms with Crippen molar-refractivity contribution in [2.24, 2.45) is 0 Å². The van der Waals surface area contributed by atoms with E-state index >= 15 is 0 Å². The van der Waals surface area contributed by atoms with E-state index in [1.54, 1.807) is 13.8 Å². The molecule has 0 amide bonds. The third kappa shape index (κ3) is 3.55. The summed E-state index contributed by atoms with van der Waals surface area (Å²) in [6.07, 6.45) is -1.57. The molecule has 0 aliphatic carbocycles. The van der Waals surface area contributed by atoms with E-state index < -0.39 is 12.2 Å². The fourth-order valence-corrected chi connectivity index (χ4v) is 1.62. The lowest BCUT2D eigenvalue weighted by molar-refractivity contribution is -0.0427. The first-order valence-corrected chi connectivity index (χ1v) is 5.76. The Labute approximate surface area is 103 Å². The average molecular weight is 233 g/mol. The van der Waals surface area contributed by atoms with Gasteiger partial charge in [-0.2, -0.15) is 5.26 Å². The number of rotatable bonds is 4. The van der Waals surface area contributed by atoms with Crippen LogP contribution in [0.1, 0.15) is 36.6 Å². The molecule has 3 heteroatoms. The van der Waals surface area contributed by atoms with E-state index in [0.29, 0.717) is 0 Å². The second kappa shape index (κ2) is 5.81. The molecule has 1 rings (SSSR count). The molecule has 3 nitrogen and oxygen atoms in total. The number of nitrogens with zero attached hydrogens (tertiary/aromatic N) is 1. The van der Waals surface area contributed by atoms with E-state index in [1.807, 2.05) is 32.0 Å². The Morgan fingerprint density at radius 1 is 1.29 bits per heavy atom. The van der Waals surface area contributed by atoms with Gasteiger partial charge in [-0.25, -0.2) is 0 Å². The number of hydrogen-bond acceptors (Lipinski definition) is 3. The van der Waals surface area contributed by atoms with Gasteiger partial charge in [0, 0.05) is 0 Å². The van der Waals surface area contributed by atoms with Crippen molar-refractivity contribution in [3.63, 3.8) is 0 Å². The van der Waals surface area contributed by atoms with Crippen molar-refractivity contribution in [1.82, 2.24) is 0 Å². The van der Waals surface area contributed by atoms with E-state index in [4.69, 9.17) is 10.00 Å². The number of ether oxygens (including phenoxy) is 1. The van der Waals surface area contributed by atoms with E-state index in [1.165, 1.54) is 0 Å². The van der Waals surface area contributed by atoms with Crippen molar-refractivity contribution in [2.75, 3.05) is 0 Å². The fourth-order valence-electron chi connectivity index (χ4n) is 1.62. The minimum absolute atomic E-state index is 0.361. The zero-order valence-electron chi connectivity index (χ0n) is 10.8. The molecule has 0 heterocycles. The summed E-state index contributed by atoms with van der Waals surface area (Å²) in [6, 6.07) is 8.03. The van der Waals surface area contributed by atoms with Crippen LogP contribution in [0.3, 0.4) is 0 Å². The Bertz CT molecular complexity index is 421. The zero-order valence-corrected chi connectivity index (χ0v) is 10.8. The summed E-state index contributed by atoms with van der Waals surface area (Å²) < 4.78 is 5.56. The molecule has 0 aromatic heterocycles. The quantitative estimate of drug-likeness (QED) is 0.869. The summed E-state index contributed by atoms with van der Waals surface area (Å²) in [4.78, 5) is 0. The molecular weight excluding hydrogens is 214 g/mol. The number of benzene rings is 1. The van der Waals surface area contributed by atoms with Crippen LogP contribution in [0, 0.1) is 25.2 Å². The zero-order chi connectivity index (χ0) is 13.0. The fraction of sp³-hybridized carbons (Fsp3) is 0.500. The highest BCUT2D eigenvalue weighted by atomic mass is 16.5. The molecule has 0 aliphatic rings. The Morgan fingerprint density at radius 2 is 1.94 bits per heavy atom. The smallest absolute Gasteiger partial charge is 0.169 e. The Morgan fingerprint density at radius 3 is 2.41 bits per heavy atom. The second-order valence-electron chi connectivity index (χ2n) is 4.45. The maximum atomic E-state index is 9.39. The van der Waals surface area contributed by atoms with Crippen LogP contribution in [-0.4, -0.2) is 17.3 Å². The van der Waals surface area contributed by atoms with Crippen molar-refractivity contribution < 1.29 is 9.84 Å². The van der Waals surface area contributed by atoms with Crippen LogP contribution in [0.5, 0.6) is 0 Å². The lowest BCUT2D eigenvalue weighted by Crippen LogP contribution is -2.24. The van der Waals surface area contributed by atoms with E-state index in [0.717, 1.165) is 16.7 Å². The SMILES string of the molecule is Cc1ccc(C(C#N)OC(C)C(C)O)c(C)c1. The van der Waals surface area contributed by atoms with Crippen LogP contribution in [0.2, 0.25) is 0 Å². The highest BCUT2D eigenvalue weighted by Crippen LogP contribution is 2.23. The van der Waals surface area contributed by atoms with Crippen molar-refractivity contribution in [3.8, 4) is 6.07 Å². The van der Waals surface area contributed by atoms with Crippen LogP contribution in [0.4, 0.5) is 0 Å². The highest BCUT2D eigenvalue weighted by Gasteiger charge is 2.19. The molecule has 0 fully saturated rings. The highest BCUT2D eigenvalue weighted by molar-refractivity contribution is 5.34. The third-order valence-electron chi connectivity index (χ3n) is 2.86. The van der Waals surface area contributed by atoms with Gasteiger partial charge < -0.3 is 9.84 Å². The summed E-state index contributed by atoms with van der Waals surface area (Å²) in [5.74, 6) is 0. The van der Waals surface area contributed by atoms with Crippen LogP contribution in [-0.2, 0) is 4.74 Å². The average Bonchev–Trinajstić information content (AvgIpc) is 2.26. The number of aryl methyl sites for hydroxylation is 2. The minimum Gasteiger partial charge on any atom is -0.391 e. The number of hydrogen-bond donors (Lipinski definition) is 1. The van der Waals surface area contributed by atoms with Gasteiger partial charge in [-0.05, 0) is 38.8 Å². The first-order valence-electron chi connectivity index (χ1n) is 5.76. The Hall–Kier alpha value is -1.37. The molecule has 3 atom stereocenters. The van der Waals surface area contributed by atoms with Crippen molar-refractivity contribution in [3.05, 3.63) is 34.9 Å². The summed E-state index contributed by atoms with van der Waals surface area (Å²) in [7, 11) is 0. The molecule has 0 aliphatic heterocycles. The molecule has 92 valence electrons. The predicted octanol–water partition coefficient (Wildman–Crippen LogP) is 2.65. The molecular formula is C14H19NO2. The van der Waals surface area contributed by atoms with Crippen LogP contribution >= 0.6 is 0 Å². The summed E-state index contributed by atoms with van der Waals surface area (Å²) >= 11 is 0. The first-order chi connectivity index (χ1) is 7.95. The monoisotopic (exact) mass is 233 g/mol. The first kappa shape index (κ1) is 13.7. The summed E-state index contributed by atoms with van der Waals surface area (Å²) in [6.45, 7) is 7.39. The summed E-state index contributed by atoms with van der Waals surface area (Å²) in [5, 5.41) is 18.5. The normalized spacial score (nSPS) is 16.0. The lowest BCUT2D eigenvalue weighted by atomic mass is 10.0. The van der Waals surface area contributed by atoms with Crippen molar-refractivity contribution in [2.45, 2.75) is 46.0 Å². The maximum absolute atomic E-state index is 9.39. The molecule has 1 N–H and O–H groups in total. The number of aliphatic hydroxyl groups excluding tert-OH is 1. The third-order valence-corrected chi connectivity index (χ3v) is 2.86. The van der Waals surface area contributed by atoms with E-state index in [2.05, 4.69) is 6.07 Å². The van der Waals surface area contributed by atoms with Crippen LogP contribution < -0.4 is 0 Å². The predicted molar refractivity (Wildman–Crippen MR) is 66.5 cm³/mol. The number of nitriles is 1. The number of aliphatic hydroxyl groups is 1. The van der Waals surface area contributed by atoms with Crippen LogP contribution in [0.25, 0.3) is 0 Å². The van der Waals surface area contributed by atoms with Gasteiger partial charge in [0.2, 0.25) is 0 Å². The van der Waals surface area contributed by atoms with E-state index in [-0.39, 0.29) is 6.10 Å². The molecule has 1 aromatic rings. The van der Waals surface area contributed by atoms with Gasteiger partial charge in [0.25, 0.3) is 0 Å².